The Balaban J connectivity index is 2.36. The highest BCUT2D eigenvalue weighted by atomic mass is 32.2. The molecule has 0 spiro atoms. The maximum absolute atomic E-state index is 12.1. The van der Waals surface area contributed by atoms with Crippen molar-refractivity contribution >= 4 is 44.6 Å². The van der Waals surface area contributed by atoms with Crippen molar-refractivity contribution in [2.24, 2.45) is 0 Å². The van der Waals surface area contributed by atoms with Crippen LogP contribution in [0.25, 0.3) is 10.2 Å². The first kappa shape index (κ1) is 12.7. The fraction of sp³-hybridized carbons (Fsp3) is 0.400. The van der Waals surface area contributed by atoms with E-state index in [2.05, 4.69) is 4.98 Å². The van der Waals surface area contributed by atoms with Gasteiger partial charge in [0.05, 0.1) is 5.39 Å². The summed E-state index contributed by atoms with van der Waals surface area (Å²) in [7, 11) is -0.829. The molecule has 4 nitrogen and oxygen atoms in total. The normalized spacial score (nSPS) is 13.0. The van der Waals surface area contributed by atoms with E-state index >= 15 is 0 Å². The topological polar surface area (TPSA) is 54.9 Å². The van der Waals surface area contributed by atoms with Gasteiger partial charge in [-0.05, 0) is 30.1 Å². The Bertz CT molecular complexity index is 668. The molecule has 1 N–H and O–H groups in total. The molecule has 0 aliphatic carbocycles. The zero-order valence-electron chi connectivity index (χ0n) is 9.26. The van der Waals surface area contributed by atoms with Crippen LogP contribution in [0.5, 0.6) is 0 Å². The smallest absolute Gasteiger partial charge is 0.263 e. The van der Waals surface area contributed by atoms with E-state index in [4.69, 9.17) is 12.2 Å². The minimum atomic E-state index is -0.829. The van der Waals surface area contributed by atoms with Crippen molar-refractivity contribution in [1.82, 2.24) is 9.55 Å². The number of thiophene rings is 1. The van der Waals surface area contributed by atoms with E-state index in [1.807, 2.05) is 5.38 Å². The molecule has 2 heterocycles. The summed E-state index contributed by atoms with van der Waals surface area (Å²) in [4.78, 5) is 15.9. The molecule has 1 atom stereocenters. The van der Waals surface area contributed by atoms with Crippen molar-refractivity contribution in [3.8, 4) is 0 Å². The van der Waals surface area contributed by atoms with Gasteiger partial charge >= 0.3 is 0 Å². The number of hydrogen-bond acceptors (Lipinski definition) is 4. The molecule has 0 radical (unpaired) electrons. The summed E-state index contributed by atoms with van der Waals surface area (Å²) in [6, 6.07) is 1.79. The summed E-state index contributed by atoms with van der Waals surface area (Å²) < 4.78 is 12.9. The number of nitrogens with one attached hydrogen (secondary N) is 1. The van der Waals surface area contributed by atoms with Gasteiger partial charge in [0.15, 0.2) is 4.77 Å². The SMILES string of the molecule is CS(=O)CCCn1c(=S)[nH]c2sccc2c1=O. The number of aromatic nitrogens is 2. The Kier molecular flexibility index (Phi) is 3.90. The van der Waals surface area contributed by atoms with Gasteiger partial charge in [-0.1, -0.05) is 0 Å². The molecule has 2 aromatic heterocycles. The summed E-state index contributed by atoms with van der Waals surface area (Å²) >= 11 is 6.62. The van der Waals surface area contributed by atoms with Crippen LogP contribution >= 0.6 is 23.6 Å². The molecule has 0 saturated carbocycles. The highest BCUT2D eigenvalue weighted by Gasteiger charge is 2.06. The van der Waals surface area contributed by atoms with Crippen molar-refractivity contribution in [3.63, 3.8) is 0 Å². The molecule has 17 heavy (non-hydrogen) atoms. The third-order valence-corrected chi connectivity index (χ3v) is 4.44. The second kappa shape index (κ2) is 5.24. The molecule has 0 aliphatic rings. The van der Waals surface area contributed by atoms with Crippen molar-refractivity contribution in [1.29, 1.82) is 0 Å². The monoisotopic (exact) mass is 288 g/mol. The molecule has 2 rings (SSSR count). The molecular formula is C10H12N2O2S3. The van der Waals surface area contributed by atoms with Crippen LogP contribution in [0.15, 0.2) is 16.2 Å². The first-order valence-electron chi connectivity index (χ1n) is 5.10. The lowest BCUT2D eigenvalue weighted by molar-refractivity contribution is 0.633. The van der Waals surface area contributed by atoms with Crippen LogP contribution in [0.4, 0.5) is 0 Å². The number of H-pyrrole nitrogens is 1. The van der Waals surface area contributed by atoms with Crippen LogP contribution in [-0.2, 0) is 17.3 Å². The average molecular weight is 288 g/mol. The quantitative estimate of drug-likeness (QED) is 0.874. The number of rotatable bonds is 4. The van der Waals surface area contributed by atoms with Gasteiger partial charge in [-0.2, -0.15) is 0 Å². The van der Waals surface area contributed by atoms with Gasteiger partial charge in [0, 0.05) is 29.4 Å². The molecule has 1 unspecified atom stereocenters. The zero-order chi connectivity index (χ0) is 12.4. The Hall–Kier alpha value is -0.790. The average Bonchev–Trinajstić information content (AvgIpc) is 2.70. The van der Waals surface area contributed by atoms with Gasteiger partial charge in [0.1, 0.15) is 4.83 Å². The highest BCUT2D eigenvalue weighted by Crippen LogP contribution is 2.14. The van der Waals surface area contributed by atoms with Gasteiger partial charge in [-0.15, -0.1) is 11.3 Å². The van der Waals surface area contributed by atoms with Crippen molar-refractivity contribution in [3.05, 3.63) is 26.6 Å². The van der Waals surface area contributed by atoms with Crippen molar-refractivity contribution in [2.45, 2.75) is 13.0 Å². The largest absolute Gasteiger partial charge is 0.323 e. The van der Waals surface area contributed by atoms with Gasteiger partial charge in [-0.3, -0.25) is 13.6 Å². The molecule has 0 amide bonds. The Morgan fingerprint density at radius 3 is 3.06 bits per heavy atom. The van der Waals surface area contributed by atoms with E-state index in [9.17, 15) is 9.00 Å². The molecule has 0 saturated heterocycles. The van der Waals surface area contributed by atoms with E-state index in [-0.39, 0.29) is 5.56 Å². The first-order chi connectivity index (χ1) is 8.09. The van der Waals surface area contributed by atoms with E-state index in [1.54, 1.807) is 12.3 Å². The fourth-order valence-electron chi connectivity index (χ4n) is 1.61. The van der Waals surface area contributed by atoms with Gasteiger partial charge in [0.2, 0.25) is 0 Å². The Labute approximate surface area is 110 Å². The molecule has 92 valence electrons. The summed E-state index contributed by atoms with van der Waals surface area (Å²) in [6.45, 7) is 0.513. The Morgan fingerprint density at radius 2 is 2.35 bits per heavy atom. The maximum Gasteiger partial charge on any atom is 0.263 e. The lowest BCUT2D eigenvalue weighted by atomic mass is 10.4. The maximum atomic E-state index is 12.1. The molecule has 0 aliphatic heterocycles. The molecule has 2 aromatic rings. The number of nitrogens with zero attached hydrogens (tertiary/aromatic N) is 1. The van der Waals surface area contributed by atoms with Crippen LogP contribution < -0.4 is 5.56 Å². The molecule has 0 bridgehead atoms. The number of aromatic amines is 1. The van der Waals surface area contributed by atoms with E-state index in [0.29, 0.717) is 28.9 Å². The summed E-state index contributed by atoms with van der Waals surface area (Å²) in [5.41, 5.74) is -0.0631. The minimum Gasteiger partial charge on any atom is -0.323 e. The molecule has 0 fully saturated rings. The zero-order valence-corrected chi connectivity index (χ0v) is 11.7. The van der Waals surface area contributed by atoms with Crippen LogP contribution in [0.3, 0.4) is 0 Å². The summed E-state index contributed by atoms with van der Waals surface area (Å²) in [5, 5.41) is 2.53. The van der Waals surface area contributed by atoms with Gasteiger partial charge in [0.25, 0.3) is 5.56 Å². The second-order valence-corrected chi connectivity index (χ2v) is 6.54. The van der Waals surface area contributed by atoms with E-state index < -0.39 is 10.8 Å². The predicted molar refractivity (Wildman–Crippen MR) is 74.8 cm³/mol. The van der Waals surface area contributed by atoms with E-state index in [1.165, 1.54) is 15.9 Å². The summed E-state index contributed by atoms with van der Waals surface area (Å²) in [6.07, 6.45) is 2.35. The van der Waals surface area contributed by atoms with Crippen LogP contribution in [-0.4, -0.2) is 25.8 Å². The number of hydrogen-bond donors (Lipinski definition) is 1. The first-order valence-corrected chi connectivity index (χ1v) is 8.11. The lowest BCUT2D eigenvalue weighted by Crippen LogP contribution is -2.22. The fourth-order valence-corrected chi connectivity index (χ4v) is 3.26. The lowest BCUT2D eigenvalue weighted by Gasteiger charge is -2.05. The Morgan fingerprint density at radius 1 is 1.59 bits per heavy atom. The van der Waals surface area contributed by atoms with Crippen molar-refractivity contribution < 1.29 is 4.21 Å². The third kappa shape index (κ3) is 2.72. The second-order valence-electron chi connectivity index (χ2n) is 3.68. The standard InChI is InChI=1S/C10H12N2O2S3/c1-17(14)6-2-4-12-9(13)7-3-5-16-8(7)11-10(12)15/h3,5H,2,4,6H2,1H3,(H,11,15). The predicted octanol–water partition coefficient (Wildman–Crippen LogP) is 1.89. The third-order valence-electron chi connectivity index (χ3n) is 2.42. The highest BCUT2D eigenvalue weighted by molar-refractivity contribution is 7.84. The minimum absolute atomic E-state index is 0.0631. The molecule has 0 aromatic carbocycles. The van der Waals surface area contributed by atoms with Gasteiger partial charge in [-0.25, -0.2) is 0 Å². The van der Waals surface area contributed by atoms with Crippen molar-refractivity contribution in [2.75, 3.05) is 12.0 Å². The summed E-state index contributed by atoms with van der Waals surface area (Å²) in [5.74, 6) is 0.586. The van der Waals surface area contributed by atoms with E-state index in [0.717, 1.165) is 4.83 Å². The number of fused-ring (bicyclic) bond motifs is 1. The molecular weight excluding hydrogens is 276 g/mol. The van der Waals surface area contributed by atoms with Gasteiger partial charge < -0.3 is 4.98 Å². The van der Waals surface area contributed by atoms with Crippen LogP contribution in [0.1, 0.15) is 6.42 Å². The molecule has 7 heteroatoms. The van der Waals surface area contributed by atoms with Crippen LogP contribution in [0.2, 0.25) is 0 Å². The van der Waals surface area contributed by atoms with Crippen LogP contribution in [0, 0.1) is 4.77 Å².